The number of aromatic amines is 1. The highest BCUT2D eigenvalue weighted by Crippen LogP contribution is 2.15. The van der Waals surface area contributed by atoms with E-state index in [0.717, 1.165) is 11.1 Å². The Hall–Kier alpha value is -3.25. The molecule has 0 fully saturated rings. The first-order valence-electron chi connectivity index (χ1n) is 9.32. The first-order valence-corrected chi connectivity index (χ1v) is 9.32. The molecule has 0 saturated heterocycles. The number of imidazole rings is 1. The highest BCUT2D eigenvalue weighted by molar-refractivity contribution is 5.69. The van der Waals surface area contributed by atoms with Gasteiger partial charge in [-0.1, -0.05) is 60.7 Å². The number of hydrogen-bond donors (Lipinski definition) is 1. The maximum atomic E-state index is 12.4. The van der Waals surface area contributed by atoms with Crippen molar-refractivity contribution in [3.05, 3.63) is 94.3 Å². The molecule has 4 rings (SSSR count). The smallest absolute Gasteiger partial charge is 0.279 e. The molecule has 6 nitrogen and oxygen atoms in total. The molecule has 6 heteroatoms. The lowest BCUT2D eigenvalue weighted by Crippen LogP contribution is -2.16. The van der Waals surface area contributed by atoms with Crippen molar-refractivity contribution in [3.8, 4) is 0 Å². The van der Waals surface area contributed by atoms with E-state index in [1.165, 1.54) is 0 Å². The van der Waals surface area contributed by atoms with Gasteiger partial charge < -0.3 is 14.3 Å². The third kappa shape index (κ3) is 4.02. The number of benzene rings is 2. The summed E-state index contributed by atoms with van der Waals surface area (Å²) in [5.74, 6) is 0.628. The number of ether oxygens (including phenoxy) is 1. The van der Waals surface area contributed by atoms with Crippen LogP contribution in [0.25, 0.3) is 11.2 Å². The summed E-state index contributed by atoms with van der Waals surface area (Å²) in [6.07, 6.45) is 2.23. The van der Waals surface area contributed by atoms with Gasteiger partial charge in [0.1, 0.15) is 5.82 Å². The predicted octanol–water partition coefficient (Wildman–Crippen LogP) is 3.49. The Kier molecular flexibility index (Phi) is 5.30. The Balaban J connectivity index is 1.52. The van der Waals surface area contributed by atoms with Crippen LogP contribution >= 0.6 is 0 Å². The van der Waals surface area contributed by atoms with E-state index in [-0.39, 0.29) is 11.6 Å². The quantitative estimate of drug-likeness (QED) is 0.537. The SMILES string of the molecule is CC(COCc1ccccc1)n1cnc2c(=O)[nH]c(Cc3ccccc3)nc21. The second-order valence-electron chi connectivity index (χ2n) is 6.85. The lowest BCUT2D eigenvalue weighted by molar-refractivity contribution is 0.0956. The molecule has 0 radical (unpaired) electrons. The second-order valence-corrected chi connectivity index (χ2v) is 6.85. The van der Waals surface area contributed by atoms with Crippen LogP contribution in [0.3, 0.4) is 0 Å². The van der Waals surface area contributed by atoms with Crippen LogP contribution in [0, 0.1) is 0 Å². The van der Waals surface area contributed by atoms with E-state index in [0.29, 0.717) is 36.6 Å². The van der Waals surface area contributed by atoms with Crippen LogP contribution in [-0.4, -0.2) is 26.1 Å². The third-order valence-corrected chi connectivity index (χ3v) is 4.64. The Bertz CT molecular complexity index is 1100. The molecule has 1 unspecified atom stereocenters. The zero-order chi connectivity index (χ0) is 19.3. The number of H-pyrrole nitrogens is 1. The molecule has 0 saturated carbocycles. The van der Waals surface area contributed by atoms with E-state index in [4.69, 9.17) is 4.74 Å². The molecule has 0 amide bonds. The molecule has 0 aliphatic rings. The summed E-state index contributed by atoms with van der Waals surface area (Å²) in [5.41, 5.74) is 2.95. The van der Waals surface area contributed by atoms with Crippen molar-refractivity contribution >= 4 is 11.2 Å². The normalized spacial score (nSPS) is 12.3. The van der Waals surface area contributed by atoms with Gasteiger partial charge in [-0.15, -0.1) is 0 Å². The predicted molar refractivity (Wildman–Crippen MR) is 108 cm³/mol. The molecule has 142 valence electrons. The Morgan fingerprint density at radius 3 is 2.43 bits per heavy atom. The van der Waals surface area contributed by atoms with E-state index in [1.807, 2.05) is 72.2 Å². The number of nitrogens with one attached hydrogen (secondary N) is 1. The topological polar surface area (TPSA) is 72.8 Å². The largest absolute Gasteiger partial charge is 0.375 e. The van der Waals surface area contributed by atoms with Crippen molar-refractivity contribution in [2.75, 3.05) is 6.61 Å². The number of nitrogens with zero attached hydrogens (tertiary/aromatic N) is 3. The fraction of sp³-hybridized carbons (Fsp3) is 0.227. The fourth-order valence-corrected chi connectivity index (χ4v) is 3.17. The molecule has 1 atom stereocenters. The van der Waals surface area contributed by atoms with Crippen molar-refractivity contribution in [1.29, 1.82) is 0 Å². The molecule has 4 aromatic rings. The average Bonchev–Trinajstić information content (AvgIpc) is 3.14. The highest BCUT2D eigenvalue weighted by Gasteiger charge is 2.15. The van der Waals surface area contributed by atoms with Crippen LogP contribution in [0.15, 0.2) is 71.8 Å². The highest BCUT2D eigenvalue weighted by atomic mass is 16.5. The summed E-state index contributed by atoms with van der Waals surface area (Å²) in [5, 5.41) is 0. The van der Waals surface area contributed by atoms with E-state index in [9.17, 15) is 4.79 Å². The van der Waals surface area contributed by atoms with E-state index >= 15 is 0 Å². The molecule has 28 heavy (non-hydrogen) atoms. The molecule has 0 aliphatic carbocycles. The monoisotopic (exact) mass is 374 g/mol. The minimum Gasteiger partial charge on any atom is -0.375 e. The Morgan fingerprint density at radius 1 is 1.04 bits per heavy atom. The van der Waals surface area contributed by atoms with Gasteiger partial charge >= 0.3 is 0 Å². The van der Waals surface area contributed by atoms with Gasteiger partial charge in [0.25, 0.3) is 5.56 Å². The Labute approximate surface area is 162 Å². The summed E-state index contributed by atoms with van der Waals surface area (Å²) in [7, 11) is 0. The van der Waals surface area contributed by atoms with E-state index < -0.39 is 0 Å². The molecule has 0 bridgehead atoms. The first-order chi connectivity index (χ1) is 13.7. The fourth-order valence-electron chi connectivity index (χ4n) is 3.17. The van der Waals surface area contributed by atoms with Gasteiger partial charge in [-0.05, 0) is 18.1 Å². The zero-order valence-corrected chi connectivity index (χ0v) is 15.7. The maximum Gasteiger partial charge on any atom is 0.279 e. The van der Waals surface area contributed by atoms with Crippen molar-refractivity contribution < 1.29 is 4.74 Å². The summed E-state index contributed by atoms with van der Waals surface area (Å²) in [6, 6.07) is 20.0. The van der Waals surface area contributed by atoms with Crippen LogP contribution in [0.5, 0.6) is 0 Å². The van der Waals surface area contributed by atoms with Crippen molar-refractivity contribution in [1.82, 2.24) is 19.5 Å². The zero-order valence-electron chi connectivity index (χ0n) is 15.7. The van der Waals surface area contributed by atoms with Crippen molar-refractivity contribution in [2.45, 2.75) is 26.0 Å². The molecule has 2 aromatic heterocycles. The molecular formula is C22H22N4O2. The van der Waals surface area contributed by atoms with Gasteiger partial charge in [0.05, 0.1) is 25.6 Å². The summed E-state index contributed by atoms with van der Waals surface area (Å²) >= 11 is 0. The number of hydrogen-bond acceptors (Lipinski definition) is 4. The van der Waals surface area contributed by atoms with Crippen LogP contribution in [0.4, 0.5) is 0 Å². The minimum atomic E-state index is -0.216. The standard InChI is InChI=1S/C22H22N4O2/c1-16(13-28-14-18-10-6-3-7-11-18)26-15-23-20-21(26)24-19(25-22(20)27)12-17-8-4-2-5-9-17/h2-11,15-16H,12-14H2,1H3,(H,24,25,27). The van der Waals surface area contributed by atoms with Crippen LogP contribution in [0.2, 0.25) is 0 Å². The molecule has 0 spiro atoms. The Morgan fingerprint density at radius 2 is 1.71 bits per heavy atom. The van der Waals surface area contributed by atoms with Crippen molar-refractivity contribution in [2.24, 2.45) is 0 Å². The molecule has 0 aliphatic heterocycles. The molecule has 1 N–H and O–H groups in total. The van der Waals surface area contributed by atoms with Gasteiger partial charge in [-0.25, -0.2) is 9.97 Å². The van der Waals surface area contributed by atoms with Gasteiger partial charge in [-0.2, -0.15) is 0 Å². The second kappa shape index (κ2) is 8.19. The third-order valence-electron chi connectivity index (χ3n) is 4.64. The molecular weight excluding hydrogens is 352 g/mol. The molecule has 2 heterocycles. The summed E-state index contributed by atoms with van der Waals surface area (Å²) in [4.78, 5) is 24.2. The van der Waals surface area contributed by atoms with Gasteiger partial charge in [0.2, 0.25) is 0 Å². The van der Waals surface area contributed by atoms with Crippen molar-refractivity contribution in [3.63, 3.8) is 0 Å². The van der Waals surface area contributed by atoms with Crippen LogP contribution in [-0.2, 0) is 17.8 Å². The number of rotatable bonds is 7. The van der Waals surface area contributed by atoms with Crippen LogP contribution < -0.4 is 5.56 Å². The number of aromatic nitrogens is 4. The first kappa shape index (κ1) is 18.1. The van der Waals surface area contributed by atoms with Crippen LogP contribution in [0.1, 0.15) is 29.9 Å². The lowest BCUT2D eigenvalue weighted by atomic mass is 10.1. The molecule has 2 aromatic carbocycles. The maximum absolute atomic E-state index is 12.4. The summed E-state index contributed by atoms with van der Waals surface area (Å²) in [6.45, 7) is 3.08. The summed E-state index contributed by atoms with van der Waals surface area (Å²) < 4.78 is 7.75. The van der Waals surface area contributed by atoms with Gasteiger partial charge in [0, 0.05) is 6.42 Å². The van der Waals surface area contributed by atoms with Gasteiger partial charge in [0.15, 0.2) is 11.2 Å². The number of fused-ring (bicyclic) bond motifs is 1. The van der Waals surface area contributed by atoms with E-state index in [2.05, 4.69) is 15.0 Å². The minimum absolute atomic E-state index is 0.00703. The van der Waals surface area contributed by atoms with Gasteiger partial charge in [-0.3, -0.25) is 4.79 Å². The van der Waals surface area contributed by atoms with E-state index in [1.54, 1.807) is 6.33 Å². The average molecular weight is 374 g/mol. The lowest BCUT2D eigenvalue weighted by Gasteiger charge is -2.14.